The molecule has 27 heavy (non-hydrogen) atoms. The summed E-state index contributed by atoms with van der Waals surface area (Å²) in [6, 6.07) is 11.3. The van der Waals surface area contributed by atoms with Crippen LogP contribution in [0.2, 0.25) is 0 Å². The highest BCUT2D eigenvalue weighted by Crippen LogP contribution is 2.35. The first-order chi connectivity index (χ1) is 13.1. The molecule has 0 spiro atoms. The normalized spacial score (nSPS) is 24.5. The number of nitrogens with zero attached hydrogens (tertiary/aromatic N) is 1. The van der Waals surface area contributed by atoms with E-state index < -0.39 is 0 Å². The van der Waals surface area contributed by atoms with E-state index in [2.05, 4.69) is 10.9 Å². The van der Waals surface area contributed by atoms with Gasteiger partial charge in [0.1, 0.15) is 17.3 Å². The third-order valence-corrected chi connectivity index (χ3v) is 5.47. The second-order valence-corrected chi connectivity index (χ2v) is 6.98. The van der Waals surface area contributed by atoms with Gasteiger partial charge in [-0.3, -0.25) is 10.2 Å². The van der Waals surface area contributed by atoms with Crippen LogP contribution in [0.5, 0.6) is 11.5 Å². The van der Waals surface area contributed by atoms with Crippen LogP contribution in [0.3, 0.4) is 0 Å². The van der Waals surface area contributed by atoms with E-state index in [9.17, 15) is 14.3 Å². The SMILES string of the molecule is COc1ccc(O)c(C(=O)N2CCC3NNC(c4ccccc4F)C3C2)c1. The minimum absolute atomic E-state index is 0.0346. The number of aromatic hydroxyl groups is 1. The lowest BCUT2D eigenvalue weighted by atomic mass is 9.84. The van der Waals surface area contributed by atoms with Crippen molar-refractivity contribution < 1.29 is 19.0 Å². The molecule has 3 atom stereocenters. The number of piperidine rings is 1. The Bertz CT molecular complexity index is 860. The molecule has 2 heterocycles. The third-order valence-electron chi connectivity index (χ3n) is 5.47. The van der Waals surface area contributed by atoms with Gasteiger partial charge in [0.15, 0.2) is 0 Å². The third kappa shape index (κ3) is 3.24. The highest BCUT2D eigenvalue weighted by Gasteiger charge is 2.42. The Morgan fingerprint density at radius 3 is 2.85 bits per heavy atom. The van der Waals surface area contributed by atoms with Gasteiger partial charge >= 0.3 is 0 Å². The van der Waals surface area contributed by atoms with E-state index >= 15 is 0 Å². The Hall–Kier alpha value is -2.64. The van der Waals surface area contributed by atoms with Crippen molar-refractivity contribution in [1.82, 2.24) is 15.8 Å². The summed E-state index contributed by atoms with van der Waals surface area (Å²) in [6.07, 6.45) is 0.749. The lowest BCUT2D eigenvalue weighted by molar-refractivity contribution is 0.0648. The number of amides is 1. The van der Waals surface area contributed by atoms with Crippen molar-refractivity contribution in [3.8, 4) is 11.5 Å². The number of carbonyl (C=O) groups excluding carboxylic acids is 1. The molecule has 6 nitrogen and oxygen atoms in total. The lowest BCUT2D eigenvalue weighted by Crippen LogP contribution is -2.47. The number of nitrogens with one attached hydrogen (secondary N) is 2. The first-order valence-corrected chi connectivity index (χ1v) is 9.00. The van der Waals surface area contributed by atoms with E-state index in [1.165, 1.54) is 19.2 Å². The van der Waals surface area contributed by atoms with Crippen molar-refractivity contribution in [2.24, 2.45) is 5.92 Å². The number of hydrogen-bond donors (Lipinski definition) is 3. The molecule has 0 aromatic heterocycles. The van der Waals surface area contributed by atoms with Gasteiger partial charge < -0.3 is 14.7 Å². The van der Waals surface area contributed by atoms with Crippen LogP contribution in [0, 0.1) is 11.7 Å². The molecule has 0 saturated carbocycles. The number of fused-ring (bicyclic) bond motifs is 1. The molecule has 2 aromatic rings. The van der Waals surface area contributed by atoms with Gasteiger partial charge in [-0.25, -0.2) is 9.82 Å². The molecular formula is C20H22FN3O3. The molecular weight excluding hydrogens is 349 g/mol. The molecule has 2 aliphatic heterocycles. The monoisotopic (exact) mass is 371 g/mol. The molecule has 0 radical (unpaired) electrons. The number of phenolic OH excluding ortho intramolecular Hbond substituents is 1. The summed E-state index contributed by atoms with van der Waals surface area (Å²) in [6.45, 7) is 1.04. The molecule has 3 unspecified atom stereocenters. The van der Waals surface area contributed by atoms with Crippen molar-refractivity contribution in [2.75, 3.05) is 20.2 Å². The molecule has 2 fully saturated rings. The number of phenols is 1. The Morgan fingerprint density at radius 2 is 2.07 bits per heavy atom. The predicted octanol–water partition coefficient (Wildman–Crippen LogP) is 2.22. The van der Waals surface area contributed by atoms with E-state index in [1.807, 2.05) is 6.07 Å². The van der Waals surface area contributed by atoms with Gasteiger partial charge in [-0.1, -0.05) is 18.2 Å². The van der Waals surface area contributed by atoms with Gasteiger partial charge in [0.05, 0.1) is 18.7 Å². The van der Waals surface area contributed by atoms with E-state index in [-0.39, 0.29) is 41.0 Å². The highest BCUT2D eigenvalue weighted by atomic mass is 19.1. The molecule has 0 aliphatic carbocycles. The number of hydrogen-bond acceptors (Lipinski definition) is 5. The molecule has 2 aliphatic rings. The summed E-state index contributed by atoms with van der Waals surface area (Å²) < 4.78 is 19.4. The average Bonchev–Trinajstić information content (AvgIpc) is 3.11. The van der Waals surface area contributed by atoms with Crippen LogP contribution in [0.4, 0.5) is 4.39 Å². The molecule has 2 aromatic carbocycles. The fraction of sp³-hybridized carbons (Fsp3) is 0.350. The van der Waals surface area contributed by atoms with Crippen molar-refractivity contribution >= 4 is 5.91 Å². The summed E-state index contributed by atoms with van der Waals surface area (Å²) in [5.41, 5.74) is 7.24. The van der Waals surface area contributed by atoms with Crippen LogP contribution in [-0.4, -0.2) is 42.2 Å². The second kappa shape index (κ2) is 7.17. The summed E-state index contributed by atoms with van der Waals surface area (Å²) in [7, 11) is 1.51. The number of methoxy groups -OCH3 is 1. The number of benzene rings is 2. The smallest absolute Gasteiger partial charge is 0.257 e. The molecule has 2 saturated heterocycles. The Labute approximate surface area is 156 Å². The number of rotatable bonds is 3. The van der Waals surface area contributed by atoms with Crippen molar-refractivity contribution in [1.29, 1.82) is 0 Å². The fourth-order valence-electron chi connectivity index (χ4n) is 4.01. The van der Waals surface area contributed by atoms with Gasteiger partial charge in [-0.05, 0) is 30.7 Å². The van der Waals surface area contributed by atoms with Crippen LogP contribution >= 0.6 is 0 Å². The van der Waals surface area contributed by atoms with Crippen molar-refractivity contribution in [3.05, 3.63) is 59.4 Å². The maximum absolute atomic E-state index is 14.3. The summed E-state index contributed by atoms with van der Waals surface area (Å²) in [5, 5.41) is 10.1. The maximum Gasteiger partial charge on any atom is 0.257 e. The van der Waals surface area contributed by atoms with E-state index in [0.717, 1.165) is 6.42 Å². The molecule has 4 rings (SSSR count). The largest absolute Gasteiger partial charge is 0.507 e. The average molecular weight is 371 g/mol. The maximum atomic E-state index is 14.3. The van der Waals surface area contributed by atoms with Crippen molar-refractivity contribution in [2.45, 2.75) is 18.5 Å². The minimum atomic E-state index is -0.258. The quantitative estimate of drug-likeness (QED) is 0.772. The van der Waals surface area contributed by atoms with Crippen molar-refractivity contribution in [3.63, 3.8) is 0 Å². The number of carbonyl (C=O) groups is 1. The van der Waals surface area contributed by atoms with Crippen LogP contribution in [0.15, 0.2) is 42.5 Å². The predicted molar refractivity (Wildman–Crippen MR) is 97.9 cm³/mol. The van der Waals surface area contributed by atoms with Crippen LogP contribution in [0.25, 0.3) is 0 Å². The highest BCUT2D eigenvalue weighted by molar-refractivity contribution is 5.97. The van der Waals surface area contributed by atoms with Crippen LogP contribution in [0.1, 0.15) is 28.4 Å². The topological polar surface area (TPSA) is 73.8 Å². The molecule has 0 bridgehead atoms. The summed E-state index contributed by atoms with van der Waals surface area (Å²) in [5.74, 6) is -0.0292. The first kappa shape index (κ1) is 17.8. The summed E-state index contributed by atoms with van der Waals surface area (Å²) in [4.78, 5) is 14.7. The molecule has 142 valence electrons. The summed E-state index contributed by atoms with van der Waals surface area (Å²) >= 11 is 0. The zero-order chi connectivity index (χ0) is 19.0. The number of halogens is 1. The van der Waals surface area contributed by atoms with Gasteiger partial charge in [-0.2, -0.15) is 0 Å². The zero-order valence-corrected chi connectivity index (χ0v) is 15.0. The first-order valence-electron chi connectivity index (χ1n) is 9.00. The number of ether oxygens (including phenoxy) is 1. The standard InChI is InChI=1S/C20H22FN3O3/c1-27-12-6-7-18(25)14(10-12)20(26)24-9-8-17-15(11-24)19(23-22-17)13-4-2-3-5-16(13)21/h2-7,10,15,17,19,22-23,25H,8-9,11H2,1H3. The Kier molecular flexibility index (Phi) is 4.72. The Morgan fingerprint density at radius 1 is 1.26 bits per heavy atom. The molecule has 3 N–H and O–H groups in total. The van der Waals surface area contributed by atoms with Crippen LogP contribution in [-0.2, 0) is 0 Å². The lowest BCUT2D eigenvalue weighted by Gasteiger charge is -2.36. The van der Waals surface area contributed by atoms with E-state index in [4.69, 9.17) is 4.74 Å². The Balaban J connectivity index is 1.57. The van der Waals surface area contributed by atoms with Gasteiger partial charge in [0.25, 0.3) is 5.91 Å². The molecule has 1 amide bonds. The van der Waals surface area contributed by atoms with E-state index in [0.29, 0.717) is 24.4 Å². The van der Waals surface area contributed by atoms with Gasteiger partial charge in [0, 0.05) is 30.6 Å². The minimum Gasteiger partial charge on any atom is -0.507 e. The molecule has 7 heteroatoms. The van der Waals surface area contributed by atoms with Gasteiger partial charge in [-0.15, -0.1) is 0 Å². The van der Waals surface area contributed by atoms with Crippen LogP contribution < -0.4 is 15.6 Å². The number of likely N-dealkylation sites (tertiary alicyclic amines) is 1. The number of hydrazine groups is 1. The van der Waals surface area contributed by atoms with E-state index in [1.54, 1.807) is 29.2 Å². The van der Waals surface area contributed by atoms with Gasteiger partial charge in [0.2, 0.25) is 0 Å². The second-order valence-electron chi connectivity index (χ2n) is 6.98. The zero-order valence-electron chi connectivity index (χ0n) is 15.0. The fourth-order valence-corrected chi connectivity index (χ4v) is 4.01.